The minimum Gasteiger partial charge on any atom is -0.465 e. The van der Waals surface area contributed by atoms with Crippen molar-refractivity contribution in [2.75, 3.05) is 5.32 Å². The summed E-state index contributed by atoms with van der Waals surface area (Å²) in [5, 5.41) is 10.9. The Balaban J connectivity index is 3.13. The summed E-state index contributed by atoms with van der Waals surface area (Å²) in [6.45, 7) is 3.73. The topological polar surface area (TPSA) is 49.3 Å². The molecule has 0 atom stereocenters. The van der Waals surface area contributed by atoms with Crippen molar-refractivity contribution in [2.24, 2.45) is 0 Å². The summed E-state index contributed by atoms with van der Waals surface area (Å²) in [4.78, 5) is 10.4. The molecule has 0 aliphatic heterocycles. The van der Waals surface area contributed by atoms with Crippen molar-refractivity contribution in [3.63, 3.8) is 0 Å². The van der Waals surface area contributed by atoms with Crippen LogP contribution in [0, 0.1) is 13.8 Å². The minimum absolute atomic E-state index is 0.663. The summed E-state index contributed by atoms with van der Waals surface area (Å²) in [6.07, 6.45) is -1.03. The highest BCUT2D eigenvalue weighted by atomic mass is 79.9. The van der Waals surface area contributed by atoms with Crippen molar-refractivity contribution < 1.29 is 9.90 Å². The van der Waals surface area contributed by atoms with Gasteiger partial charge in [0.25, 0.3) is 0 Å². The van der Waals surface area contributed by atoms with E-state index in [1.807, 2.05) is 26.0 Å². The van der Waals surface area contributed by atoms with Crippen LogP contribution in [-0.4, -0.2) is 11.2 Å². The maximum Gasteiger partial charge on any atom is 0.409 e. The summed E-state index contributed by atoms with van der Waals surface area (Å²) < 4.78 is 0.957. The van der Waals surface area contributed by atoms with Gasteiger partial charge in [-0.3, -0.25) is 5.32 Å². The quantitative estimate of drug-likeness (QED) is 0.797. The molecule has 0 spiro atoms. The molecule has 0 saturated heterocycles. The fourth-order valence-electron chi connectivity index (χ4n) is 1.21. The van der Waals surface area contributed by atoms with Gasteiger partial charge in [0.1, 0.15) is 0 Å². The standard InChI is InChI=1S/C9H10BrNO2/c1-5-3-7(10)4-6(2)8(5)11-9(12)13/h3-4,11H,1-2H3,(H,12,13). The molecule has 1 aromatic carbocycles. The lowest BCUT2D eigenvalue weighted by Gasteiger charge is -2.09. The maximum atomic E-state index is 10.4. The summed E-state index contributed by atoms with van der Waals surface area (Å²) in [7, 11) is 0. The van der Waals surface area contributed by atoms with Crippen LogP contribution in [0.3, 0.4) is 0 Å². The highest BCUT2D eigenvalue weighted by Crippen LogP contribution is 2.24. The Labute approximate surface area is 84.9 Å². The van der Waals surface area contributed by atoms with Crippen LogP contribution in [0.4, 0.5) is 10.5 Å². The molecule has 0 aliphatic rings. The molecule has 0 heterocycles. The molecule has 70 valence electrons. The van der Waals surface area contributed by atoms with Gasteiger partial charge in [-0.1, -0.05) is 15.9 Å². The van der Waals surface area contributed by atoms with Crippen LogP contribution in [0.25, 0.3) is 0 Å². The van der Waals surface area contributed by atoms with E-state index < -0.39 is 6.09 Å². The van der Waals surface area contributed by atoms with E-state index in [1.54, 1.807) is 0 Å². The van der Waals surface area contributed by atoms with E-state index in [9.17, 15) is 4.79 Å². The highest BCUT2D eigenvalue weighted by Gasteiger charge is 2.06. The second-order valence-corrected chi connectivity index (χ2v) is 3.76. The summed E-state index contributed by atoms with van der Waals surface area (Å²) >= 11 is 3.34. The fraction of sp³-hybridized carbons (Fsp3) is 0.222. The molecular formula is C9H10BrNO2. The van der Waals surface area contributed by atoms with Crippen molar-refractivity contribution in [3.05, 3.63) is 27.7 Å². The smallest absolute Gasteiger partial charge is 0.409 e. The lowest BCUT2D eigenvalue weighted by molar-refractivity contribution is 0.209. The first-order chi connectivity index (χ1) is 6.00. The number of rotatable bonds is 1. The van der Waals surface area contributed by atoms with E-state index in [1.165, 1.54) is 0 Å². The average Bonchev–Trinajstić information content (AvgIpc) is 1.96. The number of hydrogen-bond acceptors (Lipinski definition) is 1. The Morgan fingerprint density at radius 2 is 1.85 bits per heavy atom. The molecule has 1 rings (SSSR count). The third-order valence-corrected chi connectivity index (χ3v) is 2.19. The van der Waals surface area contributed by atoms with Gasteiger partial charge in [0, 0.05) is 10.2 Å². The summed E-state index contributed by atoms with van der Waals surface area (Å²) in [5.41, 5.74) is 2.49. The van der Waals surface area contributed by atoms with Crippen molar-refractivity contribution in [1.82, 2.24) is 0 Å². The molecule has 0 unspecified atom stereocenters. The number of aryl methyl sites for hydroxylation is 2. The van der Waals surface area contributed by atoms with Crippen LogP contribution in [0.1, 0.15) is 11.1 Å². The van der Waals surface area contributed by atoms with Gasteiger partial charge in [-0.2, -0.15) is 0 Å². The van der Waals surface area contributed by atoms with E-state index in [0.717, 1.165) is 15.6 Å². The largest absolute Gasteiger partial charge is 0.465 e. The molecular weight excluding hydrogens is 234 g/mol. The van der Waals surface area contributed by atoms with Crippen LogP contribution < -0.4 is 5.32 Å². The van der Waals surface area contributed by atoms with E-state index in [2.05, 4.69) is 21.2 Å². The molecule has 0 aliphatic carbocycles. The minimum atomic E-state index is -1.03. The van der Waals surface area contributed by atoms with Crippen LogP contribution >= 0.6 is 15.9 Å². The van der Waals surface area contributed by atoms with Gasteiger partial charge in [0.2, 0.25) is 0 Å². The zero-order chi connectivity index (χ0) is 10.0. The molecule has 4 heteroatoms. The van der Waals surface area contributed by atoms with Crippen LogP contribution in [0.15, 0.2) is 16.6 Å². The molecule has 3 nitrogen and oxygen atoms in total. The Bertz CT molecular complexity index is 326. The SMILES string of the molecule is Cc1cc(Br)cc(C)c1NC(=O)O. The third kappa shape index (κ3) is 2.45. The molecule has 13 heavy (non-hydrogen) atoms. The van der Waals surface area contributed by atoms with Crippen LogP contribution in [-0.2, 0) is 0 Å². The molecule has 2 N–H and O–H groups in total. The van der Waals surface area contributed by atoms with Crippen LogP contribution in [0.2, 0.25) is 0 Å². The Kier molecular flexibility index (Phi) is 2.93. The van der Waals surface area contributed by atoms with E-state index in [-0.39, 0.29) is 0 Å². The van der Waals surface area contributed by atoms with Crippen molar-refractivity contribution in [3.8, 4) is 0 Å². The lowest BCUT2D eigenvalue weighted by Crippen LogP contribution is -2.09. The average molecular weight is 244 g/mol. The summed E-state index contributed by atoms with van der Waals surface area (Å²) in [6, 6.07) is 3.75. The monoisotopic (exact) mass is 243 g/mol. The second-order valence-electron chi connectivity index (χ2n) is 2.84. The van der Waals surface area contributed by atoms with E-state index in [4.69, 9.17) is 5.11 Å². The first-order valence-corrected chi connectivity index (χ1v) is 4.56. The lowest BCUT2D eigenvalue weighted by atomic mass is 10.1. The number of carboxylic acid groups (broad SMARTS) is 1. The fourth-order valence-corrected chi connectivity index (χ4v) is 1.90. The van der Waals surface area contributed by atoms with Gasteiger partial charge in [-0.05, 0) is 37.1 Å². The van der Waals surface area contributed by atoms with Crippen molar-refractivity contribution >= 4 is 27.7 Å². The zero-order valence-electron chi connectivity index (χ0n) is 7.39. The van der Waals surface area contributed by atoms with Gasteiger partial charge in [-0.25, -0.2) is 4.79 Å². The molecule has 0 fully saturated rings. The summed E-state index contributed by atoms with van der Waals surface area (Å²) in [5.74, 6) is 0. The first kappa shape index (κ1) is 10.1. The normalized spacial score (nSPS) is 9.77. The van der Waals surface area contributed by atoms with Gasteiger partial charge in [0.15, 0.2) is 0 Å². The van der Waals surface area contributed by atoms with Gasteiger partial charge < -0.3 is 5.11 Å². The molecule has 0 bridgehead atoms. The number of hydrogen-bond donors (Lipinski definition) is 2. The maximum absolute atomic E-state index is 10.4. The number of carbonyl (C=O) groups is 1. The number of halogens is 1. The van der Waals surface area contributed by atoms with Gasteiger partial charge in [-0.15, -0.1) is 0 Å². The van der Waals surface area contributed by atoms with Crippen molar-refractivity contribution in [1.29, 1.82) is 0 Å². The number of amides is 1. The predicted octanol–water partition coefficient (Wildman–Crippen LogP) is 3.16. The first-order valence-electron chi connectivity index (χ1n) is 3.77. The number of benzene rings is 1. The van der Waals surface area contributed by atoms with E-state index >= 15 is 0 Å². The van der Waals surface area contributed by atoms with Gasteiger partial charge in [0.05, 0.1) is 0 Å². The second kappa shape index (κ2) is 3.79. The van der Waals surface area contributed by atoms with Crippen LogP contribution in [0.5, 0.6) is 0 Å². The third-order valence-electron chi connectivity index (χ3n) is 1.73. The zero-order valence-corrected chi connectivity index (χ0v) is 8.97. The Morgan fingerprint density at radius 1 is 1.38 bits per heavy atom. The Morgan fingerprint density at radius 3 is 2.23 bits per heavy atom. The van der Waals surface area contributed by atoms with Gasteiger partial charge >= 0.3 is 6.09 Å². The number of anilines is 1. The predicted molar refractivity (Wildman–Crippen MR) is 55.3 cm³/mol. The highest BCUT2D eigenvalue weighted by molar-refractivity contribution is 9.10. The molecule has 0 saturated carbocycles. The Hall–Kier alpha value is -1.03. The molecule has 0 aromatic heterocycles. The molecule has 1 amide bonds. The van der Waals surface area contributed by atoms with E-state index in [0.29, 0.717) is 5.69 Å². The molecule has 0 radical (unpaired) electrons. The number of nitrogens with one attached hydrogen (secondary N) is 1. The molecule has 1 aromatic rings. The van der Waals surface area contributed by atoms with Crippen molar-refractivity contribution in [2.45, 2.75) is 13.8 Å².